The molecule has 1 unspecified atom stereocenters. The molecule has 6 nitrogen and oxygen atoms in total. The number of rotatable bonds is 9. The maximum Gasteiger partial charge on any atom is 0.254 e. The summed E-state index contributed by atoms with van der Waals surface area (Å²) in [5.41, 5.74) is 5.65. The van der Waals surface area contributed by atoms with Crippen molar-refractivity contribution in [2.45, 2.75) is 51.1 Å². The molecular weight excluding hydrogens is 498 g/mol. The third-order valence-electron chi connectivity index (χ3n) is 7.99. The largest absolute Gasteiger partial charge is 0.497 e. The Labute approximate surface area is 235 Å². The maximum atomic E-state index is 14.3. The number of benzene rings is 3. The third-order valence-corrected chi connectivity index (χ3v) is 7.99. The summed E-state index contributed by atoms with van der Waals surface area (Å²) in [5, 5.41) is 0. The van der Waals surface area contributed by atoms with Gasteiger partial charge >= 0.3 is 0 Å². The van der Waals surface area contributed by atoms with E-state index in [1.807, 2.05) is 90.0 Å². The number of carbonyl (C=O) groups excluding carboxylic acids is 2. The average Bonchev–Trinajstić information content (AvgIpc) is 3.73. The summed E-state index contributed by atoms with van der Waals surface area (Å²) in [5.74, 6) is 0.590. The van der Waals surface area contributed by atoms with Crippen LogP contribution in [0.3, 0.4) is 0 Å². The van der Waals surface area contributed by atoms with Crippen molar-refractivity contribution in [2.75, 3.05) is 18.6 Å². The molecule has 1 aliphatic heterocycles. The van der Waals surface area contributed by atoms with Gasteiger partial charge in [-0.15, -0.1) is 0 Å². The number of carbonyl (C=O) groups is 2. The summed E-state index contributed by atoms with van der Waals surface area (Å²) < 4.78 is 7.54. The highest BCUT2D eigenvalue weighted by atomic mass is 16.5. The fourth-order valence-electron chi connectivity index (χ4n) is 5.70. The minimum absolute atomic E-state index is 0.0305. The lowest BCUT2D eigenvalue weighted by atomic mass is 9.97. The van der Waals surface area contributed by atoms with Crippen molar-refractivity contribution in [1.29, 1.82) is 0 Å². The fraction of sp³-hybridized carbons (Fsp3) is 0.294. The second-order valence-electron chi connectivity index (χ2n) is 10.7. The molecule has 1 atom stereocenters. The van der Waals surface area contributed by atoms with E-state index in [-0.39, 0.29) is 30.4 Å². The highest BCUT2D eigenvalue weighted by molar-refractivity contribution is 6.03. The summed E-state index contributed by atoms with van der Waals surface area (Å²) in [6.45, 7) is 2.21. The molecule has 1 aromatic heterocycles. The number of hydrogen-bond donors (Lipinski definition) is 0. The zero-order chi connectivity index (χ0) is 27.6. The Morgan fingerprint density at radius 1 is 0.900 bits per heavy atom. The van der Waals surface area contributed by atoms with Gasteiger partial charge in [0.2, 0.25) is 5.91 Å². The van der Waals surface area contributed by atoms with E-state index >= 15 is 0 Å². The number of nitrogens with zero attached hydrogens (tertiary/aromatic N) is 3. The Morgan fingerprint density at radius 3 is 2.30 bits per heavy atom. The van der Waals surface area contributed by atoms with E-state index in [0.717, 1.165) is 60.5 Å². The molecule has 6 heteroatoms. The number of unbranched alkanes of at least 4 members (excludes halogenated alkanes) is 1. The molecule has 1 fully saturated rings. The molecule has 3 aromatic carbocycles. The predicted molar refractivity (Wildman–Crippen MR) is 157 cm³/mol. The van der Waals surface area contributed by atoms with Crippen LogP contribution in [0.5, 0.6) is 5.75 Å². The van der Waals surface area contributed by atoms with Gasteiger partial charge in [-0.2, -0.15) is 0 Å². The maximum absolute atomic E-state index is 14.3. The SMILES string of the molecule is CCCCc1ccc(C(=O)N(CC(=O)N2c3ccccc3-n3cccc3C2c2ccc(OC)cc2)C2CC2)cc1. The molecule has 0 N–H and O–H groups in total. The summed E-state index contributed by atoms with van der Waals surface area (Å²) in [7, 11) is 1.65. The molecule has 40 heavy (non-hydrogen) atoms. The Bertz CT molecular complexity index is 1500. The van der Waals surface area contributed by atoms with Crippen molar-refractivity contribution in [3.63, 3.8) is 0 Å². The van der Waals surface area contributed by atoms with E-state index in [0.29, 0.717) is 5.56 Å². The Balaban J connectivity index is 1.34. The zero-order valence-corrected chi connectivity index (χ0v) is 23.1. The van der Waals surface area contributed by atoms with Crippen molar-refractivity contribution < 1.29 is 14.3 Å². The van der Waals surface area contributed by atoms with E-state index in [1.165, 1.54) is 5.56 Å². The first kappa shape index (κ1) is 25.9. The first-order valence-corrected chi connectivity index (χ1v) is 14.2. The topological polar surface area (TPSA) is 54.8 Å². The standard InChI is InChI=1S/C34H35N3O3/c1-3-4-8-24-12-14-26(15-13-24)34(39)36(27-18-19-27)23-32(38)37-30-10-6-5-9-29(30)35-22-7-11-31(35)33(37)25-16-20-28(40-2)21-17-25/h5-7,9-17,20-22,27,33H,3-4,8,18-19,23H2,1-2H3. The molecule has 2 aliphatic rings. The van der Waals surface area contributed by atoms with Crippen molar-refractivity contribution in [3.8, 4) is 11.4 Å². The first-order valence-electron chi connectivity index (χ1n) is 14.2. The van der Waals surface area contributed by atoms with Gasteiger partial charge in [0, 0.05) is 17.8 Å². The number of aromatic nitrogens is 1. The summed E-state index contributed by atoms with van der Waals surface area (Å²) in [6.07, 6.45) is 7.17. The molecule has 0 saturated heterocycles. The third kappa shape index (κ3) is 4.90. The molecule has 0 radical (unpaired) electrons. The minimum atomic E-state index is -0.336. The van der Waals surface area contributed by atoms with Gasteiger partial charge in [-0.3, -0.25) is 14.5 Å². The van der Waals surface area contributed by atoms with Crippen LogP contribution in [-0.2, 0) is 11.2 Å². The van der Waals surface area contributed by atoms with Gasteiger partial charge in [-0.25, -0.2) is 0 Å². The molecule has 1 saturated carbocycles. The van der Waals surface area contributed by atoms with Gasteiger partial charge in [-0.05, 0) is 85.3 Å². The lowest BCUT2D eigenvalue weighted by molar-refractivity contribution is -0.119. The van der Waals surface area contributed by atoms with Crippen molar-refractivity contribution in [3.05, 3.63) is 114 Å². The number of fused-ring (bicyclic) bond motifs is 3. The Hall–Kier alpha value is -4.32. The molecule has 0 bridgehead atoms. The quantitative estimate of drug-likeness (QED) is 0.245. The molecule has 1 aliphatic carbocycles. The number of ether oxygens (including phenoxy) is 1. The van der Waals surface area contributed by atoms with Crippen LogP contribution in [0.4, 0.5) is 5.69 Å². The second kappa shape index (κ2) is 11.0. The summed E-state index contributed by atoms with van der Waals surface area (Å²) in [6, 6.07) is 27.6. The lowest BCUT2D eigenvalue weighted by Crippen LogP contribution is -2.47. The number of para-hydroxylation sites is 2. The normalized spacial score (nSPS) is 15.8. The van der Waals surface area contributed by atoms with E-state index in [1.54, 1.807) is 12.0 Å². The van der Waals surface area contributed by atoms with E-state index in [4.69, 9.17) is 4.74 Å². The molecule has 2 amide bonds. The van der Waals surface area contributed by atoms with Crippen LogP contribution in [0, 0.1) is 0 Å². The molecule has 0 spiro atoms. The Kier molecular flexibility index (Phi) is 7.16. The Morgan fingerprint density at radius 2 is 1.62 bits per heavy atom. The number of aryl methyl sites for hydroxylation is 1. The first-order chi connectivity index (χ1) is 19.6. The van der Waals surface area contributed by atoms with Gasteiger partial charge in [-0.1, -0.05) is 49.7 Å². The monoisotopic (exact) mass is 533 g/mol. The number of amides is 2. The summed E-state index contributed by atoms with van der Waals surface area (Å²) in [4.78, 5) is 31.7. The van der Waals surface area contributed by atoms with Crippen LogP contribution >= 0.6 is 0 Å². The van der Waals surface area contributed by atoms with Crippen molar-refractivity contribution in [1.82, 2.24) is 9.47 Å². The smallest absolute Gasteiger partial charge is 0.254 e. The van der Waals surface area contributed by atoms with Gasteiger partial charge < -0.3 is 14.2 Å². The average molecular weight is 534 g/mol. The van der Waals surface area contributed by atoms with Crippen LogP contribution in [0.1, 0.15) is 65.8 Å². The van der Waals surface area contributed by atoms with Crippen molar-refractivity contribution in [2.24, 2.45) is 0 Å². The number of methoxy groups -OCH3 is 1. The highest BCUT2D eigenvalue weighted by Crippen LogP contribution is 2.43. The van der Waals surface area contributed by atoms with Crippen LogP contribution < -0.4 is 9.64 Å². The lowest BCUT2D eigenvalue weighted by Gasteiger charge is -2.39. The van der Waals surface area contributed by atoms with Crippen LogP contribution in [0.2, 0.25) is 0 Å². The van der Waals surface area contributed by atoms with Crippen molar-refractivity contribution >= 4 is 17.5 Å². The van der Waals surface area contributed by atoms with Crippen LogP contribution in [0.25, 0.3) is 5.69 Å². The molecular formula is C34H35N3O3. The minimum Gasteiger partial charge on any atom is -0.497 e. The van der Waals surface area contributed by atoms with E-state index in [9.17, 15) is 9.59 Å². The summed E-state index contributed by atoms with van der Waals surface area (Å²) >= 11 is 0. The van der Waals surface area contributed by atoms with Gasteiger partial charge in [0.05, 0.1) is 24.2 Å². The number of hydrogen-bond acceptors (Lipinski definition) is 3. The van der Waals surface area contributed by atoms with Gasteiger partial charge in [0.15, 0.2) is 0 Å². The second-order valence-corrected chi connectivity index (χ2v) is 10.7. The van der Waals surface area contributed by atoms with E-state index in [2.05, 4.69) is 17.6 Å². The van der Waals surface area contributed by atoms with E-state index < -0.39 is 0 Å². The predicted octanol–water partition coefficient (Wildman–Crippen LogP) is 6.57. The number of anilines is 1. The highest BCUT2D eigenvalue weighted by Gasteiger charge is 2.40. The van der Waals surface area contributed by atoms with Crippen LogP contribution in [0.15, 0.2) is 91.1 Å². The fourth-order valence-corrected chi connectivity index (χ4v) is 5.70. The molecule has 6 rings (SSSR count). The molecule has 2 heterocycles. The van der Waals surface area contributed by atoms with Crippen LogP contribution in [-0.4, -0.2) is 41.0 Å². The molecule has 204 valence electrons. The van der Waals surface area contributed by atoms with Gasteiger partial charge in [0.25, 0.3) is 5.91 Å². The zero-order valence-electron chi connectivity index (χ0n) is 23.1. The molecule has 4 aromatic rings. The van der Waals surface area contributed by atoms with Gasteiger partial charge in [0.1, 0.15) is 18.3 Å².